The number of nitrogens with zero attached hydrogens (tertiary/aromatic N) is 1. The largest absolute Gasteiger partial charge is 0.371 e. The number of benzene rings is 2. The highest BCUT2D eigenvalue weighted by Gasteiger charge is 2.18. The summed E-state index contributed by atoms with van der Waals surface area (Å²) in [6.45, 7) is 6.20. The molecular weight excluding hydrogens is 304 g/mol. The third kappa shape index (κ3) is 3.22. The van der Waals surface area contributed by atoms with Gasteiger partial charge in [-0.1, -0.05) is 12.1 Å². The van der Waals surface area contributed by atoms with Gasteiger partial charge in [0.25, 0.3) is 5.91 Å². The second-order valence-corrected chi connectivity index (χ2v) is 6.69. The third-order valence-corrected chi connectivity index (χ3v) is 5.13. The lowest BCUT2D eigenvalue weighted by Gasteiger charge is -2.17. The lowest BCUT2D eigenvalue weighted by atomic mass is 10.1. The number of hydrogen-bond acceptors (Lipinski definition) is 3. The van der Waals surface area contributed by atoms with Crippen LogP contribution in [0.3, 0.4) is 0 Å². The predicted molar refractivity (Wildman–Crippen MR) is 98.9 cm³/mol. The first-order chi connectivity index (χ1) is 11.1. The van der Waals surface area contributed by atoms with E-state index >= 15 is 0 Å². The van der Waals surface area contributed by atoms with Crippen molar-refractivity contribution in [1.29, 1.82) is 0 Å². The molecule has 0 atom stereocenters. The molecule has 0 saturated heterocycles. The molecule has 0 unspecified atom stereocenters. The molecule has 0 fully saturated rings. The van der Waals surface area contributed by atoms with Gasteiger partial charge in [-0.2, -0.15) is 0 Å². The molecule has 0 radical (unpaired) electrons. The summed E-state index contributed by atoms with van der Waals surface area (Å²) in [5, 5.41) is 3.05. The molecule has 0 spiro atoms. The van der Waals surface area contributed by atoms with Crippen molar-refractivity contribution in [3.8, 4) is 0 Å². The Hall–Kier alpha value is -1.94. The minimum Gasteiger partial charge on any atom is -0.371 e. The molecule has 2 aromatic carbocycles. The van der Waals surface area contributed by atoms with Crippen molar-refractivity contribution in [2.75, 3.05) is 29.6 Å². The van der Waals surface area contributed by atoms with Crippen molar-refractivity contribution >= 4 is 29.0 Å². The summed E-state index contributed by atoms with van der Waals surface area (Å²) in [4.78, 5) is 16.1. The highest BCUT2D eigenvalue weighted by Crippen LogP contribution is 2.31. The number of aryl methyl sites for hydroxylation is 1. The fourth-order valence-corrected chi connectivity index (χ4v) is 3.46. The van der Waals surface area contributed by atoms with E-state index in [9.17, 15) is 4.79 Å². The number of rotatable bonds is 4. The monoisotopic (exact) mass is 326 g/mol. The maximum Gasteiger partial charge on any atom is 0.255 e. The molecule has 23 heavy (non-hydrogen) atoms. The number of nitrogens with one attached hydrogen (secondary N) is 1. The zero-order valence-corrected chi connectivity index (χ0v) is 14.7. The highest BCUT2D eigenvalue weighted by atomic mass is 32.2. The number of anilines is 2. The van der Waals surface area contributed by atoms with Crippen LogP contribution >= 0.6 is 11.8 Å². The Balaban J connectivity index is 1.84. The molecule has 1 aliphatic rings. The van der Waals surface area contributed by atoms with Gasteiger partial charge in [-0.15, -0.1) is 11.8 Å². The number of amides is 1. The summed E-state index contributed by atoms with van der Waals surface area (Å²) in [5.41, 5.74) is 5.22. The van der Waals surface area contributed by atoms with Crippen molar-refractivity contribution in [3.05, 3.63) is 53.1 Å². The molecule has 0 saturated carbocycles. The topological polar surface area (TPSA) is 32.3 Å². The van der Waals surface area contributed by atoms with Gasteiger partial charge in [0.2, 0.25) is 0 Å². The van der Waals surface area contributed by atoms with Gasteiger partial charge in [-0.05, 0) is 61.9 Å². The van der Waals surface area contributed by atoms with Crippen LogP contribution in [0.4, 0.5) is 11.4 Å². The molecule has 120 valence electrons. The first kappa shape index (κ1) is 15.9. The summed E-state index contributed by atoms with van der Waals surface area (Å²) in [5.74, 6) is -0.0422. The molecule has 0 bridgehead atoms. The average molecular weight is 326 g/mol. The van der Waals surface area contributed by atoms with E-state index < -0.39 is 0 Å². The zero-order valence-electron chi connectivity index (χ0n) is 13.8. The second-order valence-electron chi connectivity index (χ2n) is 5.81. The molecular formula is C19H22N2OS. The van der Waals surface area contributed by atoms with Gasteiger partial charge in [0.15, 0.2) is 0 Å². The lowest BCUT2D eigenvalue weighted by molar-refractivity contribution is 0.102. The van der Waals surface area contributed by atoms with Gasteiger partial charge in [0.05, 0.1) is 0 Å². The Morgan fingerprint density at radius 2 is 2.09 bits per heavy atom. The lowest BCUT2D eigenvalue weighted by Crippen LogP contribution is -2.19. The Morgan fingerprint density at radius 3 is 2.83 bits per heavy atom. The van der Waals surface area contributed by atoms with Crippen LogP contribution in [-0.4, -0.2) is 25.3 Å². The zero-order chi connectivity index (χ0) is 16.4. The molecule has 1 amide bonds. The number of carbonyl (C=O) groups excluding carboxylic acids is 1. The molecule has 0 aromatic heterocycles. The molecule has 1 heterocycles. The summed E-state index contributed by atoms with van der Waals surface area (Å²) in [6.07, 6.45) is 3.11. The van der Waals surface area contributed by atoms with E-state index in [4.69, 9.17) is 0 Å². The van der Waals surface area contributed by atoms with Crippen molar-refractivity contribution in [1.82, 2.24) is 0 Å². The van der Waals surface area contributed by atoms with Crippen LogP contribution in [0.1, 0.15) is 28.4 Å². The molecule has 0 aliphatic carbocycles. The third-order valence-electron chi connectivity index (χ3n) is 4.41. The summed E-state index contributed by atoms with van der Waals surface area (Å²) in [6, 6.07) is 12.2. The molecule has 3 rings (SSSR count). The Kier molecular flexibility index (Phi) is 4.62. The van der Waals surface area contributed by atoms with Gasteiger partial charge in [0.1, 0.15) is 0 Å². The van der Waals surface area contributed by atoms with Gasteiger partial charge < -0.3 is 10.2 Å². The van der Waals surface area contributed by atoms with Crippen LogP contribution in [0.5, 0.6) is 0 Å². The van der Waals surface area contributed by atoms with E-state index in [0.29, 0.717) is 0 Å². The van der Waals surface area contributed by atoms with Crippen LogP contribution in [0.2, 0.25) is 0 Å². The van der Waals surface area contributed by atoms with Crippen LogP contribution in [0.15, 0.2) is 41.3 Å². The van der Waals surface area contributed by atoms with Gasteiger partial charge in [-0.25, -0.2) is 0 Å². The molecule has 4 heteroatoms. The second kappa shape index (κ2) is 6.67. The first-order valence-corrected chi connectivity index (χ1v) is 9.18. The Bertz CT molecular complexity index is 742. The van der Waals surface area contributed by atoms with E-state index in [-0.39, 0.29) is 5.91 Å². The maximum absolute atomic E-state index is 12.6. The SMILES string of the molecule is CCN1CCc2ccc(NC(=O)c3cc(SC)ccc3C)cc21. The van der Waals surface area contributed by atoms with Crippen molar-refractivity contribution in [2.45, 2.75) is 25.2 Å². The Morgan fingerprint density at radius 1 is 1.26 bits per heavy atom. The smallest absolute Gasteiger partial charge is 0.255 e. The first-order valence-electron chi connectivity index (χ1n) is 7.96. The summed E-state index contributed by atoms with van der Waals surface area (Å²) >= 11 is 1.65. The van der Waals surface area contributed by atoms with Crippen molar-refractivity contribution in [2.24, 2.45) is 0 Å². The van der Waals surface area contributed by atoms with Crippen LogP contribution in [0.25, 0.3) is 0 Å². The van der Waals surface area contributed by atoms with Gasteiger partial charge in [-0.3, -0.25) is 4.79 Å². The van der Waals surface area contributed by atoms with Crippen molar-refractivity contribution in [3.63, 3.8) is 0 Å². The average Bonchev–Trinajstić information content (AvgIpc) is 2.97. The van der Waals surface area contributed by atoms with Gasteiger partial charge >= 0.3 is 0 Å². The van der Waals surface area contributed by atoms with Crippen LogP contribution in [-0.2, 0) is 6.42 Å². The highest BCUT2D eigenvalue weighted by molar-refractivity contribution is 7.98. The van der Waals surface area contributed by atoms with E-state index in [2.05, 4.69) is 29.3 Å². The standard InChI is InChI=1S/C19H22N2OS/c1-4-21-10-9-14-6-7-15(11-18(14)21)20-19(22)17-12-16(23-3)8-5-13(17)2/h5-8,11-12H,4,9-10H2,1-3H3,(H,20,22). The summed E-state index contributed by atoms with van der Waals surface area (Å²) in [7, 11) is 0. The number of likely N-dealkylation sites (N-methyl/N-ethyl adjacent to an activating group) is 1. The number of fused-ring (bicyclic) bond motifs is 1. The van der Waals surface area contributed by atoms with E-state index in [1.54, 1.807) is 11.8 Å². The molecule has 1 aliphatic heterocycles. The Labute approximate surface area is 142 Å². The minimum atomic E-state index is -0.0422. The fourth-order valence-electron chi connectivity index (χ4n) is 3.02. The quantitative estimate of drug-likeness (QED) is 0.848. The van der Waals surface area contributed by atoms with E-state index in [1.807, 2.05) is 37.4 Å². The maximum atomic E-state index is 12.6. The van der Waals surface area contributed by atoms with Crippen molar-refractivity contribution < 1.29 is 4.79 Å². The minimum absolute atomic E-state index is 0.0422. The van der Waals surface area contributed by atoms with Gasteiger partial charge in [0, 0.05) is 34.9 Å². The van der Waals surface area contributed by atoms with E-state index in [0.717, 1.165) is 41.2 Å². The molecule has 1 N–H and O–H groups in total. The molecule has 3 nitrogen and oxygen atoms in total. The predicted octanol–water partition coefficient (Wildman–Crippen LogP) is 4.35. The van der Waals surface area contributed by atoms with E-state index in [1.165, 1.54) is 11.3 Å². The normalized spacial score (nSPS) is 13.1. The number of hydrogen-bond donors (Lipinski definition) is 1. The van der Waals surface area contributed by atoms with Crippen LogP contribution < -0.4 is 10.2 Å². The number of thioether (sulfide) groups is 1. The van der Waals surface area contributed by atoms with Crippen LogP contribution in [0, 0.1) is 6.92 Å². The molecule has 2 aromatic rings. The fraction of sp³-hybridized carbons (Fsp3) is 0.316. The summed E-state index contributed by atoms with van der Waals surface area (Å²) < 4.78 is 0. The number of carbonyl (C=O) groups is 1.